The average Bonchev–Trinajstić information content (AvgIpc) is 3.32. The molecule has 37 heavy (non-hydrogen) atoms. The van der Waals surface area contributed by atoms with E-state index in [1.165, 1.54) is 5.56 Å². The zero-order valence-corrected chi connectivity index (χ0v) is 21.9. The van der Waals surface area contributed by atoms with Crippen LogP contribution in [0.5, 0.6) is 0 Å². The lowest BCUT2D eigenvalue weighted by Crippen LogP contribution is -2.48. The summed E-state index contributed by atoms with van der Waals surface area (Å²) in [7, 11) is 0. The number of benzene rings is 1. The Balaban J connectivity index is 1.21. The number of H-pyrrole nitrogens is 1. The van der Waals surface area contributed by atoms with Gasteiger partial charge >= 0.3 is 6.09 Å². The molecule has 0 bridgehead atoms. The van der Waals surface area contributed by atoms with Gasteiger partial charge < -0.3 is 19.5 Å². The van der Waals surface area contributed by atoms with Gasteiger partial charge in [-0.2, -0.15) is 0 Å². The molecule has 2 aliphatic rings. The van der Waals surface area contributed by atoms with Gasteiger partial charge in [-0.1, -0.05) is 36.4 Å². The Morgan fingerprint density at radius 3 is 2.43 bits per heavy atom. The minimum atomic E-state index is -0.507. The molecule has 0 atom stereocenters. The predicted octanol–water partition coefficient (Wildman–Crippen LogP) is 4.55. The number of piperazine rings is 1. The predicted molar refractivity (Wildman–Crippen MR) is 144 cm³/mol. The number of rotatable bonds is 4. The number of carbonyl (C=O) groups is 2. The van der Waals surface area contributed by atoms with Gasteiger partial charge in [0.25, 0.3) is 5.91 Å². The first-order chi connectivity index (χ1) is 17.7. The molecule has 3 aromatic rings. The topological polar surface area (TPSA) is 81.8 Å². The fraction of sp³-hybridized carbons (Fsp3) is 0.414. The number of hydrogen-bond acceptors (Lipinski definition) is 5. The average molecular weight is 502 g/mol. The number of pyridine rings is 1. The van der Waals surface area contributed by atoms with Gasteiger partial charge in [-0.15, -0.1) is 0 Å². The molecular weight excluding hydrogens is 466 g/mol. The molecule has 8 heteroatoms. The summed E-state index contributed by atoms with van der Waals surface area (Å²) in [6.07, 6.45) is 4.25. The summed E-state index contributed by atoms with van der Waals surface area (Å²) >= 11 is 0. The van der Waals surface area contributed by atoms with E-state index in [2.05, 4.69) is 39.1 Å². The second-order valence-corrected chi connectivity index (χ2v) is 10.8. The Morgan fingerprint density at radius 2 is 1.76 bits per heavy atom. The number of nitrogens with one attached hydrogen (secondary N) is 1. The van der Waals surface area contributed by atoms with Crippen molar-refractivity contribution < 1.29 is 14.3 Å². The number of amides is 2. The lowest BCUT2D eigenvalue weighted by molar-refractivity contribution is 0.0270. The number of nitrogens with zero attached hydrogens (tertiary/aromatic N) is 4. The molecule has 2 aliphatic heterocycles. The molecule has 2 aromatic heterocycles. The second kappa shape index (κ2) is 10.4. The van der Waals surface area contributed by atoms with Crippen molar-refractivity contribution in [3.63, 3.8) is 0 Å². The SMILES string of the molecule is CC(C)(C)OC(=O)N1CC=C(c2cc3cc(C(=O)N4CCN(Cc5ccccc5)CC4)[nH]c3cn2)CC1. The quantitative estimate of drug-likeness (QED) is 0.568. The molecule has 1 N–H and O–H groups in total. The monoisotopic (exact) mass is 501 g/mol. The van der Waals surface area contributed by atoms with Crippen LogP contribution in [0.4, 0.5) is 4.79 Å². The van der Waals surface area contributed by atoms with Gasteiger partial charge in [0.2, 0.25) is 0 Å². The number of aromatic nitrogens is 2. The smallest absolute Gasteiger partial charge is 0.410 e. The van der Waals surface area contributed by atoms with Crippen molar-refractivity contribution in [2.24, 2.45) is 0 Å². The summed E-state index contributed by atoms with van der Waals surface area (Å²) in [5.74, 6) is 0.0296. The first-order valence-corrected chi connectivity index (χ1v) is 13.0. The summed E-state index contributed by atoms with van der Waals surface area (Å²) in [6.45, 7) is 10.8. The molecule has 0 unspecified atom stereocenters. The molecule has 194 valence electrons. The van der Waals surface area contributed by atoms with Crippen LogP contribution >= 0.6 is 0 Å². The Hall–Kier alpha value is -3.65. The maximum absolute atomic E-state index is 13.2. The van der Waals surface area contributed by atoms with E-state index < -0.39 is 5.60 Å². The van der Waals surface area contributed by atoms with Crippen LogP contribution in [0, 0.1) is 0 Å². The van der Waals surface area contributed by atoms with Gasteiger partial charge in [-0.25, -0.2) is 4.79 Å². The highest BCUT2D eigenvalue weighted by Gasteiger charge is 2.25. The number of carbonyl (C=O) groups excluding carboxylic acids is 2. The highest BCUT2D eigenvalue weighted by Crippen LogP contribution is 2.26. The summed E-state index contributed by atoms with van der Waals surface area (Å²) in [5.41, 5.74) is 4.22. The molecule has 0 aliphatic carbocycles. The van der Waals surface area contributed by atoms with Crippen molar-refractivity contribution in [3.8, 4) is 0 Å². The Bertz CT molecular complexity index is 1300. The second-order valence-electron chi connectivity index (χ2n) is 10.8. The van der Waals surface area contributed by atoms with E-state index in [0.717, 1.165) is 41.8 Å². The van der Waals surface area contributed by atoms with Crippen LogP contribution in [0.1, 0.15) is 48.9 Å². The molecule has 1 aromatic carbocycles. The van der Waals surface area contributed by atoms with Crippen LogP contribution < -0.4 is 0 Å². The van der Waals surface area contributed by atoms with E-state index in [-0.39, 0.29) is 12.0 Å². The standard InChI is InChI=1S/C29H35N5O3/c1-29(2,3)37-28(36)34-11-9-22(10-12-34)24-17-23-18-25(31-26(23)19-30-24)27(35)33-15-13-32(14-16-33)20-21-7-5-4-6-8-21/h4-9,17-19,31H,10-16,20H2,1-3H3. The van der Waals surface area contributed by atoms with Crippen molar-refractivity contribution in [1.82, 2.24) is 24.7 Å². The maximum Gasteiger partial charge on any atom is 0.410 e. The van der Waals surface area contributed by atoms with Gasteiger partial charge in [0.15, 0.2) is 0 Å². The highest BCUT2D eigenvalue weighted by atomic mass is 16.6. The molecule has 0 radical (unpaired) electrons. The Kier molecular flexibility index (Phi) is 7.02. The third-order valence-electron chi connectivity index (χ3n) is 6.83. The molecule has 8 nitrogen and oxygen atoms in total. The molecular formula is C29H35N5O3. The fourth-order valence-electron chi connectivity index (χ4n) is 4.84. The molecule has 0 saturated carbocycles. The van der Waals surface area contributed by atoms with Crippen LogP contribution in [0.3, 0.4) is 0 Å². The summed E-state index contributed by atoms with van der Waals surface area (Å²) in [4.78, 5) is 39.5. The van der Waals surface area contributed by atoms with Crippen LogP contribution in [-0.4, -0.2) is 81.5 Å². The third-order valence-corrected chi connectivity index (χ3v) is 6.83. The van der Waals surface area contributed by atoms with Gasteiger partial charge in [0, 0.05) is 51.2 Å². The first kappa shape index (κ1) is 25.0. The lowest BCUT2D eigenvalue weighted by atomic mass is 10.0. The molecule has 1 saturated heterocycles. The van der Waals surface area contributed by atoms with Gasteiger partial charge in [0.1, 0.15) is 11.3 Å². The van der Waals surface area contributed by atoms with Gasteiger partial charge in [-0.3, -0.25) is 14.7 Å². The number of fused-ring (bicyclic) bond motifs is 1. The zero-order chi connectivity index (χ0) is 26.0. The van der Waals surface area contributed by atoms with E-state index in [9.17, 15) is 9.59 Å². The van der Waals surface area contributed by atoms with Gasteiger partial charge in [0.05, 0.1) is 17.4 Å². The first-order valence-electron chi connectivity index (χ1n) is 13.0. The number of hydrogen-bond donors (Lipinski definition) is 1. The fourth-order valence-corrected chi connectivity index (χ4v) is 4.84. The Labute approximate surface area is 217 Å². The molecule has 5 rings (SSSR count). The number of aromatic amines is 1. The normalized spacial score (nSPS) is 17.1. The minimum Gasteiger partial charge on any atom is -0.444 e. The van der Waals surface area contributed by atoms with Crippen molar-refractivity contribution in [2.45, 2.75) is 39.3 Å². The van der Waals surface area contributed by atoms with Crippen LogP contribution in [0.15, 0.2) is 54.7 Å². The minimum absolute atomic E-state index is 0.0296. The zero-order valence-electron chi connectivity index (χ0n) is 21.9. The maximum atomic E-state index is 13.2. The van der Waals surface area contributed by atoms with Crippen LogP contribution in [0.2, 0.25) is 0 Å². The van der Waals surface area contributed by atoms with Crippen molar-refractivity contribution in [1.29, 1.82) is 0 Å². The molecule has 2 amide bonds. The van der Waals surface area contributed by atoms with E-state index in [4.69, 9.17) is 4.74 Å². The van der Waals surface area contributed by atoms with Gasteiger partial charge in [-0.05, 0) is 50.5 Å². The van der Waals surface area contributed by atoms with E-state index in [1.807, 2.05) is 49.9 Å². The van der Waals surface area contributed by atoms with Crippen LogP contribution in [0.25, 0.3) is 16.5 Å². The van der Waals surface area contributed by atoms with Crippen LogP contribution in [-0.2, 0) is 11.3 Å². The highest BCUT2D eigenvalue weighted by molar-refractivity contribution is 5.98. The number of ether oxygens (including phenoxy) is 1. The Morgan fingerprint density at radius 1 is 1.00 bits per heavy atom. The van der Waals surface area contributed by atoms with E-state index in [1.54, 1.807) is 11.1 Å². The van der Waals surface area contributed by atoms with Crippen molar-refractivity contribution in [3.05, 3.63) is 71.7 Å². The molecule has 4 heterocycles. The summed E-state index contributed by atoms with van der Waals surface area (Å²) in [6, 6.07) is 14.4. The van der Waals surface area contributed by atoms with E-state index in [0.29, 0.717) is 38.3 Å². The van der Waals surface area contributed by atoms with Crippen molar-refractivity contribution in [2.75, 3.05) is 39.3 Å². The lowest BCUT2D eigenvalue weighted by Gasteiger charge is -2.34. The molecule has 0 spiro atoms. The summed E-state index contributed by atoms with van der Waals surface area (Å²) < 4.78 is 5.48. The largest absolute Gasteiger partial charge is 0.444 e. The van der Waals surface area contributed by atoms with E-state index >= 15 is 0 Å². The summed E-state index contributed by atoms with van der Waals surface area (Å²) in [5, 5.41) is 0.964. The van der Waals surface area contributed by atoms with Crippen molar-refractivity contribution >= 4 is 28.5 Å². The molecule has 1 fully saturated rings. The third kappa shape index (κ3) is 6.02.